The SMILES string of the molecule is Nc1ccc(S(=O)O)cc1S(=O)O. The van der Waals surface area contributed by atoms with Crippen LogP contribution >= 0.6 is 0 Å². The normalized spacial score (nSPS) is 15.2. The molecule has 13 heavy (non-hydrogen) atoms. The van der Waals surface area contributed by atoms with E-state index in [0.29, 0.717) is 0 Å². The molecule has 4 N–H and O–H groups in total. The van der Waals surface area contributed by atoms with E-state index < -0.39 is 22.2 Å². The molecule has 72 valence electrons. The van der Waals surface area contributed by atoms with Gasteiger partial charge < -0.3 is 14.8 Å². The lowest BCUT2D eigenvalue weighted by molar-refractivity contribution is 0.562. The second-order valence-electron chi connectivity index (χ2n) is 2.20. The number of nitrogen functional groups attached to an aromatic ring is 1. The molecule has 7 heteroatoms. The summed E-state index contributed by atoms with van der Waals surface area (Å²) < 4.78 is 38.6. The zero-order valence-electron chi connectivity index (χ0n) is 6.34. The highest BCUT2D eigenvalue weighted by Crippen LogP contribution is 2.18. The zero-order valence-corrected chi connectivity index (χ0v) is 7.97. The lowest BCUT2D eigenvalue weighted by atomic mass is 10.3. The molecule has 0 aliphatic heterocycles. The Balaban J connectivity index is 3.27. The van der Waals surface area contributed by atoms with Gasteiger partial charge in [0.05, 0.1) is 15.5 Å². The van der Waals surface area contributed by atoms with E-state index in [0.717, 1.165) is 6.07 Å². The van der Waals surface area contributed by atoms with Gasteiger partial charge in [-0.3, -0.25) is 0 Å². The third kappa shape index (κ3) is 2.34. The van der Waals surface area contributed by atoms with Gasteiger partial charge in [-0.1, -0.05) is 0 Å². The summed E-state index contributed by atoms with van der Waals surface area (Å²) in [6.45, 7) is 0. The van der Waals surface area contributed by atoms with Crippen LogP contribution in [0.1, 0.15) is 0 Å². The van der Waals surface area contributed by atoms with Crippen LogP contribution in [0.2, 0.25) is 0 Å². The molecule has 0 spiro atoms. The standard InChI is InChI=1S/C6H7NO4S2/c7-5-2-1-4(12(8)9)3-6(5)13(10)11/h1-3H,7H2,(H,8,9)(H,10,11). The fourth-order valence-electron chi connectivity index (χ4n) is 0.775. The Morgan fingerprint density at radius 2 is 1.77 bits per heavy atom. The molecule has 2 unspecified atom stereocenters. The average molecular weight is 221 g/mol. The Morgan fingerprint density at radius 3 is 2.23 bits per heavy atom. The van der Waals surface area contributed by atoms with E-state index in [-0.39, 0.29) is 15.5 Å². The molecule has 1 aromatic rings. The van der Waals surface area contributed by atoms with Crippen molar-refractivity contribution in [1.29, 1.82) is 0 Å². The van der Waals surface area contributed by atoms with Gasteiger partial charge in [0.1, 0.15) is 0 Å². The minimum atomic E-state index is -2.24. The van der Waals surface area contributed by atoms with Crippen molar-refractivity contribution in [2.75, 3.05) is 5.73 Å². The van der Waals surface area contributed by atoms with E-state index >= 15 is 0 Å². The first kappa shape index (κ1) is 10.3. The van der Waals surface area contributed by atoms with Crippen molar-refractivity contribution in [3.05, 3.63) is 18.2 Å². The fourth-order valence-corrected chi connectivity index (χ4v) is 1.75. The Labute approximate surface area is 79.5 Å². The molecule has 0 saturated heterocycles. The number of hydrogen-bond donors (Lipinski definition) is 3. The van der Waals surface area contributed by atoms with Crippen LogP contribution in [0.3, 0.4) is 0 Å². The number of nitrogens with two attached hydrogens (primary N) is 1. The highest BCUT2D eigenvalue weighted by molar-refractivity contribution is 7.80. The van der Waals surface area contributed by atoms with E-state index in [1.165, 1.54) is 12.1 Å². The maximum Gasteiger partial charge on any atom is 0.188 e. The second kappa shape index (κ2) is 3.97. The van der Waals surface area contributed by atoms with Gasteiger partial charge in [0.25, 0.3) is 0 Å². The summed E-state index contributed by atoms with van der Waals surface area (Å²) in [7, 11) is 0. The zero-order chi connectivity index (χ0) is 10.0. The first-order valence-corrected chi connectivity index (χ1v) is 5.35. The van der Waals surface area contributed by atoms with E-state index in [4.69, 9.17) is 14.8 Å². The van der Waals surface area contributed by atoms with Gasteiger partial charge in [0.15, 0.2) is 22.2 Å². The Morgan fingerprint density at radius 1 is 1.15 bits per heavy atom. The predicted molar refractivity (Wildman–Crippen MR) is 48.9 cm³/mol. The molecule has 1 rings (SSSR count). The molecule has 0 amide bonds. The van der Waals surface area contributed by atoms with Gasteiger partial charge in [-0.25, -0.2) is 8.42 Å². The Hall–Kier alpha value is -0.760. The topological polar surface area (TPSA) is 101 Å². The van der Waals surface area contributed by atoms with Crippen LogP contribution in [-0.4, -0.2) is 17.5 Å². The largest absolute Gasteiger partial charge is 0.398 e. The monoisotopic (exact) mass is 221 g/mol. The lowest BCUT2D eigenvalue weighted by Gasteiger charge is -2.01. The Bertz CT molecular complexity index is 379. The highest BCUT2D eigenvalue weighted by Gasteiger charge is 2.08. The van der Waals surface area contributed by atoms with Crippen molar-refractivity contribution in [2.45, 2.75) is 9.79 Å². The summed E-state index contributed by atoms with van der Waals surface area (Å²) in [6.07, 6.45) is 0. The molecule has 0 aliphatic carbocycles. The van der Waals surface area contributed by atoms with Crippen LogP contribution in [-0.2, 0) is 22.2 Å². The van der Waals surface area contributed by atoms with Gasteiger partial charge in [0, 0.05) is 0 Å². The van der Waals surface area contributed by atoms with Gasteiger partial charge in [-0.05, 0) is 18.2 Å². The quantitative estimate of drug-likeness (QED) is 0.496. The molecule has 0 fully saturated rings. The molecule has 0 heterocycles. The molecule has 0 bridgehead atoms. The molecule has 0 saturated carbocycles. The van der Waals surface area contributed by atoms with Crippen LogP contribution in [0.5, 0.6) is 0 Å². The minimum absolute atomic E-state index is 0.0478. The molecule has 0 radical (unpaired) electrons. The number of hydrogen-bond acceptors (Lipinski definition) is 3. The predicted octanol–water partition coefficient (Wildman–Crippen LogP) is 0.430. The maximum absolute atomic E-state index is 10.6. The smallest absolute Gasteiger partial charge is 0.188 e. The van der Waals surface area contributed by atoms with Crippen molar-refractivity contribution < 1.29 is 17.5 Å². The summed E-state index contributed by atoms with van der Waals surface area (Å²) in [6, 6.07) is 3.76. The molecule has 2 atom stereocenters. The van der Waals surface area contributed by atoms with E-state index in [2.05, 4.69) is 0 Å². The molecule has 1 aromatic carbocycles. The minimum Gasteiger partial charge on any atom is -0.398 e. The number of rotatable bonds is 2. The maximum atomic E-state index is 10.6. The van der Waals surface area contributed by atoms with Crippen LogP contribution < -0.4 is 5.73 Å². The summed E-state index contributed by atoms with van der Waals surface area (Å²) in [5.41, 5.74) is 5.48. The molecular formula is C6H7NO4S2. The number of anilines is 1. The van der Waals surface area contributed by atoms with Gasteiger partial charge in [-0.2, -0.15) is 0 Å². The summed E-state index contributed by atoms with van der Waals surface area (Å²) >= 11 is -4.40. The summed E-state index contributed by atoms with van der Waals surface area (Å²) in [4.78, 5) is -0.00787. The van der Waals surface area contributed by atoms with Gasteiger partial charge >= 0.3 is 0 Å². The van der Waals surface area contributed by atoms with Crippen LogP contribution in [0, 0.1) is 0 Å². The van der Waals surface area contributed by atoms with Gasteiger partial charge in [-0.15, -0.1) is 0 Å². The Kier molecular flexibility index (Phi) is 3.15. The molecule has 5 nitrogen and oxygen atoms in total. The van der Waals surface area contributed by atoms with Crippen LogP contribution in [0.15, 0.2) is 28.0 Å². The number of benzene rings is 1. The van der Waals surface area contributed by atoms with Crippen molar-refractivity contribution >= 4 is 27.8 Å². The fraction of sp³-hybridized carbons (Fsp3) is 0. The summed E-state index contributed by atoms with van der Waals surface area (Å²) in [5.74, 6) is 0. The molecule has 0 aliphatic rings. The first-order valence-electron chi connectivity index (χ1n) is 3.13. The van der Waals surface area contributed by atoms with Crippen molar-refractivity contribution in [3.8, 4) is 0 Å². The average Bonchev–Trinajstić information content (AvgIpc) is 2.04. The van der Waals surface area contributed by atoms with Crippen LogP contribution in [0.4, 0.5) is 5.69 Å². The third-order valence-corrected chi connectivity index (χ3v) is 2.76. The molecule has 0 aromatic heterocycles. The van der Waals surface area contributed by atoms with Crippen molar-refractivity contribution in [2.24, 2.45) is 0 Å². The third-order valence-electron chi connectivity index (χ3n) is 1.37. The van der Waals surface area contributed by atoms with Crippen LogP contribution in [0.25, 0.3) is 0 Å². The summed E-state index contributed by atoms with van der Waals surface area (Å²) in [5, 5.41) is 0. The van der Waals surface area contributed by atoms with E-state index in [1.807, 2.05) is 0 Å². The second-order valence-corrected chi connectivity index (χ2v) is 4.11. The lowest BCUT2D eigenvalue weighted by Crippen LogP contribution is -1.99. The van der Waals surface area contributed by atoms with Crippen molar-refractivity contribution in [3.63, 3.8) is 0 Å². The molecular weight excluding hydrogens is 214 g/mol. The van der Waals surface area contributed by atoms with Gasteiger partial charge in [0.2, 0.25) is 0 Å². The van der Waals surface area contributed by atoms with Crippen molar-refractivity contribution in [1.82, 2.24) is 0 Å². The first-order chi connectivity index (χ1) is 6.02. The highest BCUT2D eigenvalue weighted by atomic mass is 32.2. The van der Waals surface area contributed by atoms with E-state index in [1.54, 1.807) is 0 Å². The van der Waals surface area contributed by atoms with E-state index in [9.17, 15) is 8.42 Å².